The number of benzene rings is 2. The second kappa shape index (κ2) is 7.41. The van der Waals surface area contributed by atoms with Crippen LogP contribution in [0.3, 0.4) is 0 Å². The molecule has 1 atom stereocenters. The summed E-state index contributed by atoms with van der Waals surface area (Å²) < 4.78 is 29.9. The van der Waals surface area contributed by atoms with Crippen molar-refractivity contribution in [3.63, 3.8) is 0 Å². The molecule has 0 aliphatic rings. The lowest BCUT2D eigenvalue weighted by molar-refractivity contribution is -0.0498. The largest absolute Gasteiger partial charge is 0.435 e. The zero-order chi connectivity index (χ0) is 15.2. The molecule has 112 valence electrons. The Morgan fingerprint density at radius 1 is 1.14 bits per heavy atom. The first-order chi connectivity index (χ1) is 10.1. The smallest absolute Gasteiger partial charge is 0.387 e. The van der Waals surface area contributed by atoms with E-state index in [0.29, 0.717) is 0 Å². The molecule has 21 heavy (non-hydrogen) atoms. The van der Waals surface area contributed by atoms with Crippen LogP contribution in [0.2, 0.25) is 0 Å². The Hall–Kier alpha value is -1.62. The van der Waals surface area contributed by atoms with Crippen molar-refractivity contribution < 1.29 is 13.5 Å². The molecule has 1 unspecified atom stereocenters. The first kappa shape index (κ1) is 15.8. The van der Waals surface area contributed by atoms with E-state index >= 15 is 0 Å². The minimum absolute atomic E-state index is 0.111. The molecule has 0 spiro atoms. The fraction of sp³-hybridized carbons (Fsp3) is 0.250. The Morgan fingerprint density at radius 2 is 1.86 bits per heavy atom. The molecule has 2 aromatic rings. The molecular weight excluding hydrogens is 340 g/mol. The Labute approximate surface area is 131 Å². The highest BCUT2D eigenvalue weighted by molar-refractivity contribution is 9.10. The van der Waals surface area contributed by atoms with Crippen LogP contribution in [0.25, 0.3) is 0 Å². The number of rotatable bonds is 6. The molecule has 1 N–H and O–H groups in total. The molecule has 0 bridgehead atoms. The van der Waals surface area contributed by atoms with Gasteiger partial charge in [-0.3, -0.25) is 0 Å². The fourth-order valence-corrected chi connectivity index (χ4v) is 2.34. The van der Waals surface area contributed by atoms with Crippen LogP contribution in [0.4, 0.5) is 14.5 Å². The van der Waals surface area contributed by atoms with Crippen LogP contribution in [0, 0.1) is 0 Å². The van der Waals surface area contributed by atoms with Crippen molar-refractivity contribution in [2.75, 3.05) is 5.32 Å². The molecule has 0 fully saturated rings. The topological polar surface area (TPSA) is 21.3 Å². The van der Waals surface area contributed by atoms with E-state index in [1.807, 2.05) is 30.3 Å². The summed E-state index contributed by atoms with van der Waals surface area (Å²) in [5, 5.41) is 3.34. The van der Waals surface area contributed by atoms with Gasteiger partial charge in [0.15, 0.2) is 0 Å². The van der Waals surface area contributed by atoms with Crippen LogP contribution in [0.5, 0.6) is 5.75 Å². The van der Waals surface area contributed by atoms with E-state index in [-0.39, 0.29) is 11.8 Å². The molecule has 0 saturated heterocycles. The van der Waals surface area contributed by atoms with Crippen LogP contribution in [-0.2, 0) is 0 Å². The minimum Gasteiger partial charge on any atom is -0.435 e. The van der Waals surface area contributed by atoms with E-state index in [0.717, 1.165) is 22.1 Å². The van der Waals surface area contributed by atoms with E-state index in [4.69, 9.17) is 0 Å². The van der Waals surface area contributed by atoms with Crippen LogP contribution in [0.15, 0.2) is 53.0 Å². The quantitative estimate of drug-likeness (QED) is 0.726. The first-order valence-corrected chi connectivity index (χ1v) is 7.44. The van der Waals surface area contributed by atoms with Crippen molar-refractivity contribution >= 4 is 21.6 Å². The zero-order valence-corrected chi connectivity index (χ0v) is 13.1. The van der Waals surface area contributed by atoms with Gasteiger partial charge in [-0.15, -0.1) is 0 Å². The van der Waals surface area contributed by atoms with Crippen molar-refractivity contribution in [2.24, 2.45) is 0 Å². The lowest BCUT2D eigenvalue weighted by atomic mass is 10.0. The highest BCUT2D eigenvalue weighted by Gasteiger charge is 2.10. The summed E-state index contributed by atoms with van der Waals surface area (Å²) in [5.74, 6) is 0.153. The van der Waals surface area contributed by atoms with E-state index in [1.165, 1.54) is 6.07 Å². The van der Waals surface area contributed by atoms with Gasteiger partial charge in [-0.05, 0) is 36.2 Å². The van der Waals surface area contributed by atoms with Gasteiger partial charge in [0.25, 0.3) is 0 Å². The van der Waals surface area contributed by atoms with Gasteiger partial charge in [0, 0.05) is 16.2 Å². The van der Waals surface area contributed by atoms with E-state index in [2.05, 4.69) is 32.9 Å². The molecule has 0 saturated carbocycles. The van der Waals surface area contributed by atoms with Gasteiger partial charge in [-0.1, -0.05) is 41.1 Å². The second-order valence-corrected chi connectivity index (χ2v) is 5.48. The molecule has 0 heterocycles. The van der Waals surface area contributed by atoms with Gasteiger partial charge < -0.3 is 10.1 Å². The molecule has 2 nitrogen and oxygen atoms in total. The molecule has 0 aliphatic heterocycles. The van der Waals surface area contributed by atoms with Crippen LogP contribution in [-0.4, -0.2) is 6.61 Å². The first-order valence-electron chi connectivity index (χ1n) is 6.65. The minimum atomic E-state index is -2.81. The van der Waals surface area contributed by atoms with Gasteiger partial charge in [0.1, 0.15) is 5.75 Å². The Balaban J connectivity index is 2.13. The predicted octanol–water partition coefficient (Wildman–Crippen LogP) is 5.61. The SMILES string of the molecule is CCC(Nc1cccc(OC(F)F)c1)c1ccc(Br)cc1. The van der Waals surface area contributed by atoms with Crippen molar-refractivity contribution in [3.8, 4) is 5.75 Å². The van der Waals surface area contributed by atoms with Crippen molar-refractivity contribution in [3.05, 3.63) is 58.6 Å². The number of anilines is 1. The van der Waals surface area contributed by atoms with E-state index in [1.54, 1.807) is 12.1 Å². The summed E-state index contributed by atoms with van der Waals surface area (Å²) in [7, 11) is 0. The predicted molar refractivity (Wildman–Crippen MR) is 83.9 cm³/mol. The number of halogens is 3. The van der Waals surface area contributed by atoms with Gasteiger partial charge in [-0.25, -0.2) is 0 Å². The molecular formula is C16H16BrF2NO. The molecule has 0 aromatic heterocycles. The molecule has 0 amide bonds. The lowest BCUT2D eigenvalue weighted by Gasteiger charge is -2.19. The Kier molecular flexibility index (Phi) is 5.56. The third kappa shape index (κ3) is 4.70. The highest BCUT2D eigenvalue weighted by atomic mass is 79.9. The van der Waals surface area contributed by atoms with Crippen molar-refractivity contribution in [1.82, 2.24) is 0 Å². The standard InChI is InChI=1S/C16H16BrF2NO/c1-2-15(11-6-8-12(17)9-7-11)20-13-4-3-5-14(10-13)21-16(18)19/h3-10,15-16,20H,2H2,1H3. The average molecular weight is 356 g/mol. The number of alkyl halides is 2. The third-order valence-corrected chi connectivity index (χ3v) is 3.61. The van der Waals surface area contributed by atoms with Crippen molar-refractivity contribution in [1.29, 1.82) is 0 Å². The van der Waals surface area contributed by atoms with Gasteiger partial charge in [0.2, 0.25) is 0 Å². The molecule has 5 heteroatoms. The molecule has 0 radical (unpaired) electrons. The maximum absolute atomic E-state index is 12.2. The maximum atomic E-state index is 12.2. The summed E-state index contributed by atoms with van der Waals surface area (Å²) >= 11 is 3.41. The Bertz CT molecular complexity index is 575. The monoisotopic (exact) mass is 355 g/mol. The second-order valence-electron chi connectivity index (χ2n) is 4.56. The number of ether oxygens (including phenoxy) is 1. The summed E-state index contributed by atoms with van der Waals surface area (Å²) in [6.07, 6.45) is 0.877. The molecule has 0 aliphatic carbocycles. The van der Waals surface area contributed by atoms with Gasteiger partial charge in [0.05, 0.1) is 6.04 Å². The molecule has 2 rings (SSSR count). The summed E-state index contributed by atoms with van der Waals surface area (Å²) in [5.41, 5.74) is 1.89. The third-order valence-electron chi connectivity index (χ3n) is 3.08. The summed E-state index contributed by atoms with van der Waals surface area (Å²) in [6.45, 7) is -0.743. The van der Waals surface area contributed by atoms with Crippen LogP contribution < -0.4 is 10.1 Å². The number of hydrogen-bond acceptors (Lipinski definition) is 2. The van der Waals surface area contributed by atoms with Crippen molar-refractivity contribution in [2.45, 2.75) is 26.0 Å². The van der Waals surface area contributed by atoms with E-state index in [9.17, 15) is 8.78 Å². The van der Waals surface area contributed by atoms with Gasteiger partial charge in [-0.2, -0.15) is 8.78 Å². The summed E-state index contributed by atoms with van der Waals surface area (Å²) in [4.78, 5) is 0. The zero-order valence-electron chi connectivity index (χ0n) is 11.5. The fourth-order valence-electron chi connectivity index (χ4n) is 2.08. The maximum Gasteiger partial charge on any atom is 0.387 e. The van der Waals surface area contributed by atoms with Crippen LogP contribution >= 0.6 is 15.9 Å². The van der Waals surface area contributed by atoms with E-state index < -0.39 is 6.61 Å². The van der Waals surface area contributed by atoms with Crippen LogP contribution in [0.1, 0.15) is 24.9 Å². The average Bonchev–Trinajstić information content (AvgIpc) is 2.45. The molecule has 2 aromatic carbocycles. The lowest BCUT2D eigenvalue weighted by Crippen LogP contribution is -2.10. The van der Waals surface area contributed by atoms with Gasteiger partial charge >= 0.3 is 6.61 Å². The summed E-state index contributed by atoms with van der Waals surface area (Å²) in [6, 6.07) is 14.8. The highest BCUT2D eigenvalue weighted by Crippen LogP contribution is 2.26. The Morgan fingerprint density at radius 3 is 2.48 bits per heavy atom. The number of nitrogens with one attached hydrogen (secondary N) is 1. The normalized spacial score (nSPS) is 12.2. The number of hydrogen-bond donors (Lipinski definition) is 1.